The standard InChI is InChI=1S/C2H4N2.CH2O.H4N2/c1-3-4-2;2*1-2/h1-2H2;1H2;1-2H2. The number of nitrogens with zero attached hydrogens (tertiary/aromatic N) is 2. The van der Waals surface area contributed by atoms with Crippen molar-refractivity contribution in [3.05, 3.63) is 0 Å². The normalized spacial score (nSPS) is 3.75. The van der Waals surface area contributed by atoms with Crippen LogP contribution >= 0.6 is 0 Å². The van der Waals surface area contributed by atoms with Gasteiger partial charge in [-0.2, -0.15) is 10.2 Å². The molecule has 0 rings (SSSR count). The highest BCUT2D eigenvalue weighted by atomic mass is 16.1. The number of hydrogen-bond donors (Lipinski definition) is 2. The molecule has 4 N–H and O–H groups in total. The highest BCUT2D eigenvalue weighted by Crippen LogP contribution is 1.47. The van der Waals surface area contributed by atoms with E-state index in [2.05, 4.69) is 35.3 Å². The van der Waals surface area contributed by atoms with Crippen LogP contribution in [-0.4, -0.2) is 20.2 Å². The Bertz CT molecular complexity index is 40.5. The zero-order valence-electron chi connectivity index (χ0n) is 4.58. The Labute approximate surface area is 48.1 Å². The summed E-state index contributed by atoms with van der Waals surface area (Å²) in [5, 5.41) is 6.00. The highest BCUT2D eigenvalue weighted by molar-refractivity contribution is 5.28. The van der Waals surface area contributed by atoms with Crippen molar-refractivity contribution >= 4 is 20.2 Å². The van der Waals surface area contributed by atoms with Crippen LogP contribution in [0.2, 0.25) is 0 Å². The smallest absolute Gasteiger partial charge is 0.106 e. The van der Waals surface area contributed by atoms with Gasteiger partial charge in [-0.1, -0.05) is 0 Å². The molecule has 0 heterocycles. The zero-order chi connectivity index (χ0) is 7.41. The molecule has 5 nitrogen and oxygen atoms in total. The van der Waals surface area contributed by atoms with Crippen molar-refractivity contribution in [1.29, 1.82) is 0 Å². The lowest BCUT2D eigenvalue weighted by Gasteiger charge is -1.50. The zero-order valence-corrected chi connectivity index (χ0v) is 4.58. The number of rotatable bonds is 1. The van der Waals surface area contributed by atoms with E-state index in [1.807, 2.05) is 6.79 Å². The number of carbonyl (C=O) groups excluding carboxylic acids is 1. The van der Waals surface area contributed by atoms with E-state index in [0.29, 0.717) is 0 Å². The third-order valence-corrected chi connectivity index (χ3v) is 0.1000. The molecule has 0 atom stereocenters. The fourth-order valence-corrected chi connectivity index (χ4v) is 0. The molecule has 0 saturated heterocycles. The first kappa shape index (κ1) is 15.8. The van der Waals surface area contributed by atoms with Crippen molar-refractivity contribution in [3.8, 4) is 0 Å². The average Bonchev–Trinajstić information content (AvgIpc) is 1.96. The maximum Gasteiger partial charge on any atom is 0.106 e. The van der Waals surface area contributed by atoms with E-state index in [1.54, 1.807) is 0 Å². The van der Waals surface area contributed by atoms with Crippen LogP contribution in [0.15, 0.2) is 10.2 Å². The molecule has 0 aliphatic carbocycles. The van der Waals surface area contributed by atoms with Crippen LogP contribution < -0.4 is 11.7 Å². The van der Waals surface area contributed by atoms with Gasteiger partial charge in [0.1, 0.15) is 6.79 Å². The van der Waals surface area contributed by atoms with Crippen molar-refractivity contribution in [2.75, 3.05) is 0 Å². The second kappa shape index (κ2) is 167. The molecule has 0 unspecified atom stereocenters. The molecule has 0 aliphatic heterocycles. The van der Waals surface area contributed by atoms with Gasteiger partial charge < -0.3 is 4.79 Å². The van der Waals surface area contributed by atoms with Crippen LogP contribution in [0.1, 0.15) is 0 Å². The first-order valence-corrected chi connectivity index (χ1v) is 1.45. The van der Waals surface area contributed by atoms with E-state index in [4.69, 9.17) is 4.79 Å². The van der Waals surface area contributed by atoms with Crippen molar-refractivity contribution < 1.29 is 4.79 Å². The Morgan fingerprint density at radius 1 is 1.00 bits per heavy atom. The maximum atomic E-state index is 8.00. The Kier molecular flexibility index (Phi) is 329. The van der Waals surface area contributed by atoms with E-state index in [9.17, 15) is 0 Å². The summed E-state index contributed by atoms with van der Waals surface area (Å²) >= 11 is 0. The molecule has 0 fully saturated rings. The number of hydrazine groups is 1. The summed E-state index contributed by atoms with van der Waals surface area (Å²) in [4.78, 5) is 8.00. The van der Waals surface area contributed by atoms with Gasteiger partial charge in [-0.3, -0.25) is 11.7 Å². The van der Waals surface area contributed by atoms with Gasteiger partial charge in [0.15, 0.2) is 0 Å². The summed E-state index contributed by atoms with van der Waals surface area (Å²) in [6.07, 6.45) is 0. The Balaban J connectivity index is -0.0000000542. The van der Waals surface area contributed by atoms with E-state index in [1.165, 1.54) is 0 Å². The minimum atomic E-state index is 2.00. The quantitative estimate of drug-likeness (QED) is 0.261. The number of hydrogen-bond acceptors (Lipinski definition) is 5. The first-order valence-electron chi connectivity index (χ1n) is 1.45. The van der Waals surface area contributed by atoms with Gasteiger partial charge in [-0.05, 0) is 0 Å². The summed E-state index contributed by atoms with van der Waals surface area (Å²) in [6, 6.07) is 0. The lowest BCUT2D eigenvalue weighted by Crippen LogP contribution is -2.02. The predicted molar refractivity (Wildman–Crippen MR) is 34.6 cm³/mol. The van der Waals surface area contributed by atoms with Crippen LogP contribution in [0, 0.1) is 0 Å². The lowest BCUT2D eigenvalue weighted by atomic mass is 11.6. The minimum Gasteiger partial charge on any atom is -0.307 e. The molecule has 0 saturated carbocycles. The molecule has 48 valence electrons. The van der Waals surface area contributed by atoms with Crippen molar-refractivity contribution in [3.63, 3.8) is 0 Å². The molecule has 8 heavy (non-hydrogen) atoms. The van der Waals surface area contributed by atoms with Crippen LogP contribution in [-0.2, 0) is 4.79 Å². The Morgan fingerprint density at radius 3 is 1.12 bits per heavy atom. The van der Waals surface area contributed by atoms with Crippen LogP contribution in [0.3, 0.4) is 0 Å². The van der Waals surface area contributed by atoms with Gasteiger partial charge >= 0.3 is 0 Å². The average molecular weight is 118 g/mol. The molecule has 0 aromatic carbocycles. The fraction of sp³-hybridized carbons (Fsp3) is 0. The van der Waals surface area contributed by atoms with E-state index in [-0.39, 0.29) is 0 Å². The van der Waals surface area contributed by atoms with Crippen LogP contribution in [0.4, 0.5) is 0 Å². The number of nitrogens with two attached hydrogens (primary N) is 2. The lowest BCUT2D eigenvalue weighted by molar-refractivity contribution is -0.0979. The third kappa shape index (κ3) is 15500. The van der Waals surface area contributed by atoms with Gasteiger partial charge in [0, 0.05) is 13.4 Å². The molecule has 0 aromatic rings. The van der Waals surface area contributed by atoms with Crippen LogP contribution in [0.5, 0.6) is 0 Å². The molecular weight excluding hydrogens is 108 g/mol. The topological polar surface area (TPSA) is 93.8 Å². The highest BCUT2D eigenvalue weighted by Gasteiger charge is 1.24. The Hall–Kier alpha value is -1.07. The fourth-order valence-electron chi connectivity index (χ4n) is 0. The molecular formula is C3H10N4O. The summed E-state index contributed by atoms with van der Waals surface area (Å²) in [5.74, 6) is 8.00. The third-order valence-electron chi connectivity index (χ3n) is 0.1000. The molecule has 5 heteroatoms. The SMILES string of the molecule is C=NN=C.C=O.NN. The Morgan fingerprint density at radius 2 is 1.12 bits per heavy atom. The van der Waals surface area contributed by atoms with E-state index in [0.717, 1.165) is 0 Å². The number of carbonyl (C=O) groups is 1. The van der Waals surface area contributed by atoms with E-state index >= 15 is 0 Å². The second-order valence-corrected chi connectivity index (χ2v) is 0.283. The summed E-state index contributed by atoms with van der Waals surface area (Å²) in [7, 11) is 0. The van der Waals surface area contributed by atoms with E-state index < -0.39 is 0 Å². The minimum absolute atomic E-state index is 2.00. The van der Waals surface area contributed by atoms with Crippen molar-refractivity contribution in [1.82, 2.24) is 0 Å². The molecule has 0 bridgehead atoms. The molecule has 0 radical (unpaired) electrons. The van der Waals surface area contributed by atoms with Gasteiger partial charge in [0.05, 0.1) is 0 Å². The summed E-state index contributed by atoms with van der Waals surface area (Å²) in [5.41, 5.74) is 0. The first-order chi connectivity index (χ1) is 3.91. The van der Waals surface area contributed by atoms with Crippen molar-refractivity contribution in [2.45, 2.75) is 0 Å². The van der Waals surface area contributed by atoms with Crippen LogP contribution in [0.25, 0.3) is 0 Å². The predicted octanol–water partition coefficient (Wildman–Crippen LogP) is -1.06. The molecule has 0 amide bonds. The maximum absolute atomic E-state index is 8.00. The van der Waals surface area contributed by atoms with Gasteiger partial charge in [-0.25, -0.2) is 0 Å². The van der Waals surface area contributed by atoms with Gasteiger partial charge in [0.25, 0.3) is 0 Å². The monoisotopic (exact) mass is 118 g/mol. The second-order valence-electron chi connectivity index (χ2n) is 0.283. The van der Waals surface area contributed by atoms with Crippen molar-refractivity contribution in [2.24, 2.45) is 21.9 Å². The largest absolute Gasteiger partial charge is 0.307 e. The molecule has 0 aliphatic rings. The molecule has 0 aromatic heterocycles. The van der Waals surface area contributed by atoms with Gasteiger partial charge in [-0.15, -0.1) is 0 Å². The summed E-state index contributed by atoms with van der Waals surface area (Å²) < 4.78 is 0. The summed E-state index contributed by atoms with van der Waals surface area (Å²) in [6.45, 7) is 8.00. The molecule has 0 spiro atoms. The van der Waals surface area contributed by atoms with Gasteiger partial charge in [0.2, 0.25) is 0 Å².